The van der Waals surface area contributed by atoms with Gasteiger partial charge in [-0.2, -0.15) is 0 Å². The van der Waals surface area contributed by atoms with Gasteiger partial charge in [0.05, 0.1) is 6.54 Å². The van der Waals surface area contributed by atoms with Gasteiger partial charge in [-0.3, -0.25) is 9.80 Å². The maximum absolute atomic E-state index is 12.2. The third kappa shape index (κ3) is 5.40. The molecule has 0 radical (unpaired) electrons. The van der Waals surface area contributed by atoms with Gasteiger partial charge in [-0.15, -0.1) is 0 Å². The van der Waals surface area contributed by atoms with Crippen LogP contribution in [0.4, 0.5) is 4.79 Å². The standard InChI is InChI=1S/C18H21N3O3/c1-14(17(22)21(19)12-15-8-4-2-5-9-15)20-18(23)24-13-16-10-6-3-7-11-16/h2-11,14H,12-13,19H2,1H3,(H,20,23)/t14-/m0/s1. The van der Waals surface area contributed by atoms with Crippen molar-refractivity contribution in [1.29, 1.82) is 0 Å². The Morgan fingerprint density at radius 2 is 1.58 bits per heavy atom. The number of hydrogen-bond acceptors (Lipinski definition) is 4. The highest BCUT2D eigenvalue weighted by atomic mass is 16.5. The molecule has 2 amide bonds. The first-order valence-electron chi connectivity index (χ1n) is 7.63. The number of hydrazine groups is 1. The number of nitrogens with two attached hydrogens (primary N) is 1. The molecule has 0 saturated carbocycles. The lowest BCUT2D eigenvalue weighted by atomic mass is 10.2. The largest absolute Gasteiger partial charge is 0.445 e. The zero-order valence-corrected chi connectivity index (χ0v) is 13.5. The van der Waals surface area contributed by atoms with Crippen molar-refractivity contribution < 1.29 is 14.3 Å². The highest BCUT2D eigenvalue weighted by molar-refractivity contribution is 5.84. The summed E-state index contributed by atoms with van der Waals surface area (Å²) in [5.74, 6) is 5.39. The van der Waals surface area contributed by atoms with Crippen LogP contribution in [-0.4, -0.2) is 23.1 Å². The molecule has 0 saturated heterocycles. The van der Waals surface area contributed by atoms with Crippen LogP contribution < -0.4 is 11.2 Å². The van der Waals surface area contributed by atoms with Gasteiger partial charge in [0.1, 0.15) is 12.6 Å². The minimum Gasteiger partial charge on any atom is -0.445 e. The number of carbonyl (C=O) groups excluding carboxylic acids is 2. The van der Waals surface area contributed by atoms with E-state index < -0.39 is 18.0 Å². The van der Waals surface area contributed by atoms with Gasteiger partial charge in [0.15, 0.2) is 0 Å². The summed E-state index contributed by atoms with van der Waals surface area (Å²) in [6.07, 6.45) is -0.659. The van der Waals surface area contributed by atoms with Crippen molar-refractivity contribution in [3.8, 4) is 0 Å². The number of alkyl carbamates (subject to hydrolysis) is 1. The monoisotopic (exact) mass is 327 g/mol. The maximum Gasteiger partial charge on any atom is 0.408 e. The van der Waals surface area contributed by atoms with Crippen molar-refractivity contribution in [2.75, 3.05) is 0 Å². The Balaban J connectivity index is 1.78. The molecule has 0 unspecified atom stereocenters. The highest BCUT2D eigenvalue weighted by Gasteiger charge is 2.20. The number of amides is 2. The van der Waals surface area contributed by atoms with E-state index in [9.17, 15) is 9.59 Å². The SMILES string of the molecule is C[C@H](NC(=O)OCc1ccccc1)C(=O)N(N)Cc1ccccc1. The molecule has 3 N–H and O–H groups in total. The van der Waals surface area contributed by atoms with Crippen LogP contribution in [0.25, 0.3) is 0 Å². The summed E-state index contributed by atoms with van der Waals surface area (Å²) in [6, 6.07) is 17.9. The van der Waals surface area contributed by atoms with Crippen molar-refractivity contribution in [3.05, 3.63) is 71.8 Å². The van der Waals surface area contributed by atoms with E-state index in [0.29, 0.717) is 0 Å². The predicted molar refractivity (Wildman–Crippen MR) is 90.4 cm³/mol. The second kappa shape index (κ2) is 8.69. The Hall–Kier alpha value is -2.86. The molecule has 2 aromatic carbocycles. The van der Waals surface area contributed by atoms with Gasteiger partial charge in [-0.1, -0.05) is 60.7 Å². The summed E-state index contributed by atoms with van der Waals surface area (Å²) in [5.41, 5.74) is 1.78. The Kier molecular flexibility index (Phi) is 6.33. The predicted octanol–water partition coefficient (Wildman–Crippen LogP) is 2.20. The number of nitrogens with one attached hydrogen (secondary N) is 1. The highest BCUT2D eigenvalue weighted by Crippen LogP contribution is 2.04. The fraction of sp³-hybridized carbons (Fsp3) is 0.222. The number of hydrogen-bond donors (Lipinski definition) is 2. The van der Waals surface area contributed by atoms with Gasteiger partial charge in [-0.25, -0.2) is 10.6 Å². The van der Waals surface area contributed by atoms with Crippen LogP contribution in [0.3, 0.4) is 0 Å². The number of benzene rings is 2. The summed E-state index contributed by atoms with van der Waals surface area (Å²) in [5, 5.41) is 3.57. The van der Waals surface area contributed by atoms with E-state index in [-0.39, 0.29) is 13.2 Å². The average Bonchev–Trinajstić information content (AvgIpc) is 2.61. The Morgan fingerprint density at radius 3 is 2.17 bits per heavy atom. The van der Waals surface area contributed by atoms with Crippen molar-refractivity contribution in [1.82, 2.24) is 10.3 Å². The fourth-order valence-electron chi connectivity index (χ4n) is 2.11. The van der Waals surface area contributed by atoms with Crippen LogP contribution in [0.2, 0.25) is 0 Å². The van der Waals surface area contributed by atoms with Gasteiger partial charge in [0.2, 0.25) is 0 Å². The van der Waals surface area contributed by atoms with E-state index in [1.807, 2.05) is 60.7 Å². The molecule has 0 aromatic heterocycles. The minimum absolute atomic E-state index is 0.143. The van der Waals surface area contributed by atoms with Crippen LogP contribution in [0.1, 0.15) is 18.1 Å². The number of nitrogens with zero attached hydrogens (tertiary/aromatic N) is 1. The zero-order valence-electron chi connectivity index (χ0n) is 13.5. The Bertz CT molecular complexity index is 662. The quantitative estimate of drug-likeness (QED) is 0.484. The lowest BCUT2D eigenvalue weighted by Gasteiger charge is -2.21. The molecule has 6 nitrogen and oxygen atoms in total. The maximum atomic E-state index is 12.2. The zero-order chi connectivity index (χ0) is 17.4. The Morgan fingerprint density at radius 1 is 1.04 bits per heavy atom. The topological polar surface area (TPSA) is 84.7 Å². The van der Waals surface area contributed by atoms with E-state index >= 15 is 0 Å². The molecule has 0 bridgehead atoms. The smallest absolute Gasteiger partial charge is 0.408 e. The number of rotatable bonds is 6. The molecular weight excluding hydrogens is 306 g/mol. The molecule has 6 heteroatoms. The number of carbonyl (C=O) groups is 2. The van der Waals surface area contributed by atoms with E-state index in [2.05, 4.69) is 5.32 Å². The second-order valence-electron chi connectivity index (χ2n) is 5.38. The third-order valence-electron chi connectivity index (χ3n) is 3.40. The van der Waals surface area contributed by atoms with Gasteiger partial charge >= 0.3 is 6.09 Å². The minimum atomic E-state index is -0.776. The normalized spacial score (nSPS) is 11.4. The van der Waals surface area contributed by atoms with Crippen molar-refractivity contribution in [2.24, 2.45) is 5.84 Å². The first-order valence-corrected chi connectivity index (χ1v) is 7.63. The molecule has 0 spiro atoms. The van der Waals surface area contributed by atoms with Crippen LogP contribution in [-0.2, 0) is 22.7 Å². The first-order chi connectivity index (χ1) is 11.6. The molecule has 2 aromatic rings. The van der Waals surface area contributed by atoms with Crippen molar-refractivity contribution >= 4 is 12.0 Å². The summed E-state index contributed by atoms with van der Waals surface area (Å²) < 4.78 is 5.09. The first kappa shape index (κ1) is 17.5. The molecule has 2 rings (SSSR count). The number of ether oxygens (including phenoxy) is 1. The lowest BCUT2D eigenvalue weighted by Crippen LogP contribution is -2.49. The van der Waals surface area contributed by atoms with E-state index in [0.717, 1.165) is 16.1 Å². The summed E-state index contributed by atoms with van der Waals surface area (Å²) in [6.45, 7) is 1.98. The lowest BCUT2D eigenvalue weighted by molar-refractivity contribution is -0.133. The van der Waals surface area contributed by atoms with Gasteiger partial charge in [-0.05, 0) is 18.1 Å². The molecular formula is C18H21N3O3. The van der Waals surface area contributed by atoms with Gasteiger partial charge in [0, 0.05) is 0 Å². The summed E-state index contributed by atoms with van der Waals surface area (Å²) in [7, 11) is 0. The summed E-state index contributed by atoms with van der Waals surface area (Å²) >= 11 is 0. The second-order valence-corrected chi connectivity index (χ2v) is 5.38. The van der Waals surface area contributed by atoms with E-state index in [1.54, 1.807) is 6.92 Å². The molecule has 0 aliphatic rings. The third-order valence-corrected chi connectivity index (χ3v) is 3.40. The van der Waals surface area contributed by atoms with E-state index in [4.69, 9.17) is 10.6 Å². The average molecular weight is 327 g/mol. The molecule has 1 atom stereocenters. The van der Waals surface area contributed by atoms with Crippen LogP contribution in [0.15, 0.2) is 60.7 Å². The van der Waals surface area contributed by atoms with Crippen LogP contribution in [0.5, 0.6) is 0 Å². The molecule has 0 aliphatic heterocycles. The molecule has 0 heterocycles. The van der Waals surface area contributed by atoms with Crippen molar-refractivity contribution in [3.63, 3.8) is 0 Å². The fourth-order valence-corrected chi connectivity index (χ4v) is 2.11. The summed E-state index contributed by atoms with van der Waals surface area (Å²) in [4.78, 5) is 24.0. The van der Waals surface area contributed by atoms with Crippen LogP contribution >= 0.6 is 0 Å². The molecule has 24 heavy (non-hydrogen) atoms. The van der Waals surface area contributed by atoms with Crippen LogP contribution in [0, 0.1) is 0 Å². The van der Waals surface area contributed by atoms with Crippen molar-refractivity contribution in [2.45, 2.75) is 26.1 Å². The van der Waals surface area contributed by atoms with Gasteiger partial charge < -0.3 is 10.1 Å². The van der Waals surface area contributed by atoms with E-state index in [1.165, 1.54) is 0 Å². The van der Waals surface area contributed by atoms with Gasteiger partial charge in [0.25, 0.3) is 5.91 Å². The molecule has 0 aliphatic carbocycles. The molecule has 126 valence electrons. The Labute approximate surface area is 141 Å². The molecule has 0 fully saturated rings.